The average Bonchev–Trinajstić information content (AvgIpc) is 3.22. The maximum atomic E-state index is 13.8. The van der Waals surface area contributed by atoms with Gasteiger partial charge in [-0.3, -0.25) is 0 Å². The number of sulfonamides is 1. The van der Waals surface area contributed by atoms with E-state index in [-0.39, 0.29) is 22.8 Å². The Hall–Kier alpha value is -1.33. The fraction of sp³-hybridized carbons (Fsp3) is 0.267. The Morgan fingerprint density at radius 2 is 1.81 bits per heavy atom. The molecule has 0 saturated carbocycles. The van der Waals surface area contributed by atoms with Gasteiger partial charge in [-0.2, -0.15) is 4.31 Å². The highest BCUT2D eigenvalue weighted by molar-refractivity contribution is 7.91. The molecule has 3 heterocycles. The van der Waals surface area contributed by atoms with Gasteiger partial charge in [-0.15, -0.1) is 11.3 Å². The molecule has 3 aromatic rings. The number of benzene rings is 1. The number of fused-ring (bicyclic) bond motifs is 1. The van der Waals surface area contributed by atoms with Crippen LogP contribution < -0.4 is 4.90 Å². The summed E-state index contributed by atoms with van der Waals surface area (Å²) in [6, 6.07) is 5.12. The molecule has 4 rings (SSSR count). The van der Waals surface area contributed by atoms with E-state index in [4.69, 9.17) is 11.6 Å². The molecule has 0 bridgehead atoms. The highest BCUT2D eigenvalue weighted by Crippen LogP contribution is 2.33. The highest BCUT2D eigenvalue weighted by atomic mass is 35.5. The number of aromatic nitrogens is 1. The van der Waals surface area contributed by atoms with Crippen LogP contribution in [0.25, 0.3) is 10.2 Å². The number of hydrogen-bond donors (Lipinski definition) is 0. The fourth-order valence-electron chi connectivity index (χ4n) is 2.76. The quantitative estimate of drug-likeness (QED) is 0.628. The standard InChI is InChI=1S/C15H12ClF2N3O2S3/c16-12-1-2-13(25-12)26(22,23)21-5-3-20(4-6-21)15-19-14-10(18)7-9(17)8-11(14)24-15/h1-2,7-8H,3-6H2. The molecule has 0 aliphatic carbocycles. The minimum Gasteiger partial charge on any atom is -0.345 e. The molecule has 1 saturated heterocycles. The van der Waals surface area contributed by atoms with Gasteiger partial charge >= 0.3 is 0 Å². The molecule has 0 atom stereocenters. The van der Waals surface area contributed by atoms with Gasteiger partial charge in [0.05, 0.1) is 9.04 Å². The minimum atomic E-state index is -3.57. The van der Waals surface area contributed by atoms with Crippen molar-refractivity contribution < 1.29 is 17.2 Å². The predicted molar refractivity (Wildman–Crippen MR) is 99.8 cm³/mol. The van der Waals surface area contributed by atoms with Crippen molar-refractivity contribution in [3.05, 3.63) is 40.2 Å². The van der Waals surface area contributed by atoms with E-state index in [2.05, 4.69) is 4.98 Å². The van der Waals surface area contributed by atoms with Gasteiger partial charge < -0.3 is 4.90 Å². The molecule has 2 aromatic heterocycles. The van der Waals surface area contributed by atoms with Crippen LogP contribution in [0.2, 0.25) is 4.34 Å². The molecule has 1 aromatic carbocycles. The number of rotatable bonds is 3. The van der Waals surface area contributed by atoms with Crippen LogP contribution in [0.15, 0.2) is 28.5 Å². The molecule has 1 aliphatic rings. The van der Waals surface area contributed by atoms with Crippen LogP contribution in [0.4, 0.5) is 13.9 Å². The molecule has 0 spiro atoms. The van der Waals surface area contributed by atoms with Crippen molar-refractivity contribution in [2.24, 2.45) is 0 Å². The molecule has 0 amide bonds. The van der Waals surface area contributed by atoms with Gasteiger partial charge in [0, 0.05) is 32.2 Å². The lowest BCUT2D eigenvalue weighted by molar-refractivity contribution is 0.386. The van der Waals surface area contributed by atoms with E-state index < -0.39 is 21.7 Å². The molecular formula is C15H12ClF2N3O2S3. The minimum absolute atomic E-state index is 0.134. The Morgan fingerprint density at radius 1 is 1.08 bits per heavy atom. The summed E-state index contributed by atoms with van der Waals surface area (Å²) in [5, 5.41) is 0.556. The molecule has 0 N–H and O–H groups in total. The lowest BCUT2D eigenvalue weighted by atomic mass is 10.3. The van der Waals surface area contributed by atoms with E-state index in [9.17, 15) is 17.2 Å². The van der Waals surface area contributed by atoms with Crippen LogP contribution in [0.5, 0.6) is 0 Å². The number of halogens is 3. The number of hydrogen-bond acceptors (Lipinski definition) is 6. The van der Waals surface area contributed by atoms with E-state index in [1.165, 1.54) is 27.8 Å². The predicted octanol–water partition coefficient (Wildman–Crippen LogP) is 3.80. The summed E-state index contributed by atoms with van der Waals surface area (Å²) in [4.78, 5) is 6.13. The first-order valence-electron chi connectivity index (χ1n) is 7.60. The molecule has 0 unspecified atom stereocenters. The monoisotopic (exact) mass is 435 g/mol. The molecule has 1 fully saturated rings. The van der Waals surface area contributed by atoms with Crippen molar-refractivity contribution in [1.29, 1.82) is 0 Å². The third-order valence-electron chi connectivity index (χ3n) is 4.05. The molecule has 5 nitrogen and oxygen atoms in total. The van der Waals surface area contributed by atoms with Gasteiger partial charge in [-0.25, -0.2) is 22.2 Å². The van der Waals surface area contributed by atoms with E-state index in [1.54, 1.807) is 6.07 Å². The highest BCUT2D eigenvalue weighted by Gasteiger charge is 2.30. The zero-order valence-corrected chi connectivity index (χ0v) is 16.4. The molecule has 11 heteroatoms. The number of thiazole rings is 1. The average molecular weight is 436 g/mol. The molecule has 1 aliphatic heterocycles. The van der Waals surface area contributed by atoms with Crippen molar-refractivity contribution in [2.45, 2.75) is 4.21 Å². The summed E-state index contributed by atoms with van der Waals surface area (Å²) in [6.45, 7) is 1.40. The Morgan fingerprint density at radius 3 is 2.46 bits per heavy atom. The molecular weight excluding hydrogens is 424 g/mol. The van der Waals surface area contributed by atoms with E-state index in [1.807, 2.05) is 4.90 Å². The second kappa shape index (κ2) is 6.68. The summed E-state index contributed by atoms with van der Waals surface area (Å²) < 4.78 is 54.9. The summed E-state index contributed by atoms with van der Waals surface area (Å²) in [5.74, 6) is -1.34. The van der Waals surface area contributed by atoms with Gasteiger partial charge in [-0.1, -0.05) is 22.9 Å². The lowest BCUT2D eigenvalue weighted by Crippen LogP contribution is -2.48. The fourth-order valence-corrected chi connectivity index (χ4v) is 6.88. The van der Waals surface area contributed by atoms with Crippen molar-refractivity contribution in [2.75, 3.05) is 31.1 Å². The first-order chi connectivity index (χ1) is 12.3. The lowest BCUT2D eigenvalue weighted by Gasteiger charge is -2.33. The van der Waals surface area contributed by atoms with Crippen LogP contribution in [-0.2, 0) is 10.0 Å². The van der Waals surface area contributed by atoms with Gasteiger partial charge in [0.1, 0.15) is 15.5 Å². The summed E-state index contributed by atoms with van der Waals surface area (Å²) in [7, 11) is -3.57. The number of nitrogens with zero attached hydrogens (tertiary/aromatic N) is 3. The third-order valence-corrected chi connectivity index (χ3v) is 8.71. The second-order valence-electron chi connectivity index (χ2n) is 5.68. The first kappa shape index (κ1) is 18.1. The van der Waals surface area contributed by atoms with Crippen molar-refractivity contribution in [1.82, 2.24) is 9.29 Å². The van der Waals surface area contributed by atoms with Crippen LogP contribution >= 0.6 is 34.3 Å². The van der Waals surface area contributed by atoms with Gasteiger partial charge in [0.25, 0.3) is 10.0 Å². The maximum Gasteiger partial charge on any atom is 0.252 e. The number of thiophene rings is 1. The summed E-state index contributed by atoms with van der Waals surface area (Å²) in [6.07, 6.45) is 0. The van der Waals surface area contributed by atoms with Gasteiger partial charge in [0.2, 0.25) is 0 Å². The normalized spacial score (nSPS) is 16.5. The summed E-state index contributed by atoms with van der Waals surface area (Å²) in [5.41, 5.74) is 0.134. The number of piperazine rings is 1. The zero-order chi connectivity index (χ0) is 18.5. The number of anilines is 1. The van der Waals surface area contributed by atoms with E-state index >= 15 is 0 Å². The third kappa shape index (κ3) is 3.20. The summed E-state index contributed by atoms with van der Waals surface area (Å²) >= 11 is 8.05. The van der Waals surface area contributed by atoms with Crippen LogP contribution in [0.1, 0.15) is 0 Å². The van der Waals surface area contributed by atoms with Crippen LogP contribution in [0, 0.1) is 11.6 Å². The molecule has 138 valence electrons. The Kier molecular flexibility index (Phi) is 4.64. The van der Waals surface area contributed by atoms with E-state index in [0.29, 0.717) is 27.3 Å². The first-order valence-corrected chi connectivity index (χ1v) is 11.1. The molecule has 26 heavy (non-hydrogen) atoms. The topological polar surface area (TPSA) is 53.5 Å². The van der Waals surface area contributed by atoms with E-state index in [0.717, 1.165) is 17.4 Å². The molecule has 0 radical (unpaired) electrons. The smallest absolute Gasteiger partial charge is 0.252 e. The van der Waals surface area contributed by atoms with Crippen molar-refractivity contribution >= 4 is 59.6 Å². The van der Waals surface area contributed by atoms with Gasteiger partial charge in [-0.05, 0) is 18.2 Å². The Balaban J connectivity index is 1.53. The largest absolute Gasteiger partial charge is 0.345 e. The zero-order valence-electron chi connectivity index (χ0n) is 13.2. The van der Waals surface area contributed by atoms with Gasteiger partial charge in [0.15, 0.2) is 10.9 Å². The van der Waals surface area contributed by atoms with Crippen LogP contribution in [0.3, 0.4) is 0 Å². The Labute approximate surface area is 161 Å². The SMILES string of the molecule is O=S(=O)(c1ccc(Cl)s1)N1CCN(c2nc3c(F)cc(F)cc3s2)CC1. The van der Waals surface area contributed by atoms with Crippen molar-refractivity contribution in [3.63, 3.8) is 0 Å². The Bertz CT molecular complexity index is 1080. The second-order valence-corrected chi connectivity index (χ2v) is 10.6. The maximum absolute atomic E-state index is 13.8. The van der Waals surface area contributed by atoms with Crippen molar-refractivity contribution in [3.8, 4) is 0 Å². The van der Waals surface area contributed by atoms with Crippen LogP contribution in [-0.4, -0.2) is 43.9 Å².